The van der Waals surface area contributed by atoms with E-state index in [2.05, 4.69) is 31.2 Å². The number of anilines is 3. The number of hydrogen-bond acceptors (Lipinski definition) is 7. The van der Waals surface area contributed by atoms with Crippen LogP contribution in [0, 0.1) is 0 Å². The Hall–Kier alpha value is -4.29. The Labute approximate surface area is 224 Å². The lowest BCUT2D eigenvalue weighted by Gasteiger charge is -2.15. The summed E-state index contributed by atoms with van der Waals surface area (Å²) in [5.41, 5.74) is 2.54. The molecule has 0 aliphatic carbocycles. The van der Waals surface area contributed by atoms with Crippen molar-refractivity contribution in [3.8, 4) is 22.6 Å². The zero-order chi connectivity index (χ0) is 28.0. The summed E-state index contributed by atoms with van der Waals surface area (Å²) in [5, 5.41) is 11.9. The first-order valence-electron chi connectivity index (χ1n) is 11.7. The Kier molecular flexibility index (Phi) is 8.27. The lowest BCUT2D eigenvalue weighted by atomic mass is 10.1. The zero-order valence-electron chi connectivity index (χ0n) is 20.9. The first kappa shape index (κ1) is 27.7. The van der Waals surface area contributed by atoms with Crippen LogP contribution in [0.15, 0.2) is 83.9 Å². The van der Waals surface area contributed by atoms with Crippen molar-refractivity contribution >= 4 is 33.0 Å². The molecule has 0 fully saturated rings. The maximum Gasteiger partial charge on any atom is 0.573 e. The molecule has 204 valence electrons. The minimum Gasteiger partial charge on any atom is -0.494 e. The summed E-state index contributed by atoms with van der Waals surface area (Å²) in [6.45, 7) is 2.58. The van der Waals surface area contributed by atoms with Gasteiger partial charge in [-0.2, -0.15) is 4.98 Å². The van der Waals surface area contributed by atoms with Crippen molar-refractivity contribution in [2.45, 2.75) is 24.7 Å². The second-order valence-electron chi connectivity index (χ2n) is 8.34. The fourth-order valence-corrected chi connectivity index (χ4v) is 4.28. The fourth-order valence-electron chi connectivity index (χ4n) is 3.64. The van der Waals surface area contributed by atoms with E-state index in [1.165, 1.54) is 18.2 Å². The van der Waals surface area contributed by atoms with Crippen molar-refractivity contribution in [1.82, 2.24) is 9.97 Å². The third kappa shape index (κ3) is 7.85. The molecule has 1 unspecified atom stereocenters. The summed E-state index contributed by atoms with van der Waals surface area (Å²) < 4.78 is 59.7. The van der Waals surface area contributed by atoms with Gasteiger partial charge in [0.15, 0.2) is 0 Å². The molecule has 1 heterocycles. The predicted octanol–water partition coefficient (Wildman–Crippen LogP) is 5.75. The average Bonchev–Trinajstić information content (AvgIpc) is 2.87. The molecule has 1 aromatic heterocycles. The number of ether oxygens (including phenoxy) is 2. The maximum absolute atomic E-state index is 12.7. The summed E-state index contributed by atoms with van der Waals surface area (Å²) >= 11 is 0. The molecule has 0 radical (unpaired) electrons. The smallest absolute Gasteiger partial charge is 0.494 e. The van der Waals surface area contributed by atoms with Gasteiger partial charge in [0.2, 0.25) is 5.95 Å². The molecule has 4 N–H and O–H groups in total. The summed E-state index contributed by atoms with van der Waals surface area (Å²) in [6.07, 6.45) is -3.17. The highest BCUT2D eigenvalue weighted by Gasteiger charge is 2.31. The summed E-state index contributed by atoms with van der Waals surface area (Å²) in [4.78, 5) is 9.37. The minimum absolute atomic E-state index is 0.155. The molecule has 0 aliphatic heterocycles. The largest absolute Gasteiger partial charge is 0.573 e. The van der Waals surface area contributed by atoms with Gasteiger partial charge in [0, 0.05) is 28.9 Å². The molecule has 1 atom stereocenters. The van der Waals surface area contributed by atoms with Crippen LogP contribution in [-0.4, -0.2) is 33.0 Å². The number of benzene rings is 3. The normalized spacial score (nSPS) is 12.8. The molecule has 0 aliphatic rings. The van der Waals surface area contributed by atoms with E-state index >= 15 is 0 Å². The number of nitrogens with two attached hydrogens (primary N) is 1. The van der Waals surface area contributed by atoms with Gasteiger partial charge >= 0.3 is 6.36 Å². The maximum atomic E-state index is 12.7. The van der Waals surface area contributed by atoms with Crippen LogP contribution < -0.4 is 25.2 Å². The van der Waals surface area contributed by atoms with Gasteiger partial charge in [0.25, 0.3) is 0 Å². The van der Waals surface area contributed by atoms with Crippen molar-refractivity contribution in [2.75, 3.05) is 17.2 Å². The van der Waals surface area contributed by atoms with E-state index in [1.54, 1.807) is 36.5 Å². The van der Waals surface area contributed by atoms with Crippen LogP contribution in [0.5, 0.6) is 11.5 Å². The first-order valence-corrected chi connectivity index (χ1v) is 13.5. The molecule has 0 amide bonds. The summed E-state index contributed by atoms with van der Waals surface area (Å²) in [6, 6.07) is 19.6. The average molecular weight is 558 g/mol. The monoisotopic (exact) mass is 557 g/mol. The lowest BCUT2D eigenvalue weighted by Crippen LogP contribution is -2.17. The van der Waals surface area contributed by atoms with Crippen molar-refractivity contribution in [1.29, 1.82) is 0 Å². The summed E-state index contributed by atoms with van der Waals surface area (Å²) in [7, 11) is -2.91. The lowest BCUT2D eigenvalue weighted by molar-refractivity contribution is -0.274. The molecular weight excluding hydrogens is 531 g/mol. The van der Waals surface area contributed by atoms with E-state index in [1.807, 2.05) is 31.2 Å². The number of nitrogens with one attached hydrogen (secondary N) is 2. The highest BCUT2D eigenvalue weighted by atomic mass is 32.2. The van der Waals surface area contributed by atoms with Gasteiger partial charge in [-0.25, -0.2) is 9.19 Å². The Morgan fingerprint density at radius 2 is 1.77 bits per heavy atom. The van der Waals surface area contributed by atoms with Crippen LogP contribution >= 0.6 is 0 Å². The zero-order valence-corrected chi connectivity index (χ0v) is 21.7. The Morgan fingerprint density at radius 3 is 2.46 bits per heavy atom. The molecule has 0 saturated carbocycles. The van der Waals surface area contributed by atoms with Gasteiger partial charge < -0.3 is 20.1 Å². The second kappa shape index (κ2) is 11.6. The fraction of sp³-hybridized carbons (Fsp3) is 0.148. The number of halogens is 3. The van der Waals surface area contributed by atoms with Crippen LogP contribution in [0.3, 0.4) is 0 Å². The standard InChI is InChI=1S/C27H26F3N5O3S/c1-3-37-21-12-10-19(11-13-21)24-17-33-26(34-20-7-5-9-23(15-20)39(2,31)36)35-25(24)32-16-18-6-4-8-22(14-18)38-27(28,29)30/h4-15,17H,2-3,16H2,1H3,(H2,31,36)(H2,32,33,34,35). The van der Waals surface area contributed by atoms with Gasteiger partial charge in [0.1, 0.15) is 17.3 Å². The van der Waals surface area contributed by atoms with E-state index in [0.29, 0.717) is 39.9 Å². The van der Waals surface area contributed by atoms with Gasteiger partial charge in [-0.15, -0.1) is 13.2 Å². The van der Waals surface area contributed by atoms with E-state index in [9.17, 15) is 17.4 Å². The minimum atomic E-state index is -4.79. The van der Waals surface area contributed by atoms with Crippen LogP contribution in [0.25, 0.3) is 11.1 Å². The van der Waals surface area contributed by atoms with E-state index in [4.69, 9.17) is 9.88 Å². The molecule has 0 bridgehead atoms. The molecule has 39 heavy (non-hydrogen) atoms. The molecule has 4 aromatic rings. The van der Waals surface area contributed by atoms with Gasteiger partial charge in [-0.3, -0.25) is 5.14 Å². The predicted molar refractivity (Wildman–Crippen MR) is 147 cm³/mol. The second-order valence-corrected chi connectivity index (χ2v) is 10.3. The molecule has 12 heteroatoms. The molecule has 0 spiro atoms. The number of nitrogens with zero attached hydrogens (tertiary/aromatic N) is 2. The third-order valence-electron chi connectivity index (χ3n) is 5.35. The third-order valence-corrected chi connectivity index (χ3v) is 6.40. The Balaban J connectivity index is 1.64. The highest BCUT2D eigenvalue weighted by molar-refractivity contribution is 7.98. The van der Waals surface area contributed by atoms with Crippen LogP contribution in [0.1, 0.15) is 12.5 Å². The van der Waals surface area contributed by atoms with Crippen molar-refractivity contribution in [3.63, 3.8) is 0 Å². The van der Waals surface area contributed by atoms with Crippen LogP contribution in [0.2, 0.25) is 0 Å². The van der Waals surface area contributed by atoms with E-state index in [-0.39, 0.29) is 18.2 Å². The van der Waals surface area contributed by atoms with Gasteiger partial charge in [-0.1, -0.05) is 30.3 Å². The topological polar surface area (TPSA) is 111 Å². The number of hydrogen-bond donors (Lipinski definition) is 3. The Bertz CT molecular complexity index is 1550. The van der Waals surface area contributed by atoms with Gasteiger partial charge in [0.05, 0.1) is 16.3 Å². The quantitative estimate of drug-likeness (QED) is 0.213. The van der Waals surface area contributed by atoms with Crippen molar-refractivity contribution < 1.29 is 26.9 Å². The number of alkyl halides is 3. The Morgan fingerprint density at radius 1 is 1.03 bits per heavy atom. The van der Waals surface area contributed by atoms with Gasteiger partial charge in [-0.05, 0) is 66.4 Å². The highest BCUT2D eigenvalue weighted by Crippen LogP contribution is 2.30. The van der Waals surface area contributed by atoms with Crippen molar-refractivity contribution in [2.24, 2.45) is 5.14 Å². The van der Waals surface area contributed by atoms with Crippen molar-refractivity contribution in [3.05, 3.63) is 84.6 Å². The van der Waals surface area contributed by atoms with Crippen LogP contribution in [0.4, 0.5) is 30.6 Å². The van der Waals surface area contributed by atoms with E-state index in [0.717, 1.165) is 5.56 Å². The molecule has 0 saturated heterocycles. The SMILES string of the molecule is C=S(N)(=O)c1cccc(Nc2ncc(-c3ccc(OCC)cc3)c(NCc3cccc(OC(F)(F)F)c3)n2)c1. The summed E-state index contributed by atoms with van der Waals surface area (Å²) in [5.74, 6) is 4.54. The molecule has 8 nitrogen and oxygen atoms in total. The van der Waals surface area contributed by atoms with E-state index < -0.39 is 16.1 Å². The molecule has 4 rings (SSSR count). The molecule has 3 aromatic carbocycles. The molecular formula is C27H26F3N5O3S. The number of aromatic nitrogens is 2. The number of rotatable bonds is 10. The first-order chi connectivity index (χ1) is 18.5. The van der Waals surface area contributed by atoms with Crippen LogP contribution in [-0.2, 0) is 16.3 Å².